The van der Waals surface area contributed by atoms with E-state index >= 15 is 0 Å². The minimum atomic E-state index is -5.08. The van der Waals surface area contributed by atoms with Gasteiger partial charge in [0.2, 0.25) is 5.91 Å². The maximum atomic E-state index is 11.3. The molecule has 1 heterocycles. The molecular formula is C10H15F3N2O3. The molecule has 2 rings (SSSR count). The first-order valence-corrected chi connectivity index (χ1v) is 5.62. The van der Waals surface area contributed by atoms with Crippen LogP contribution in [0.25, 0.3) is 0 Å². The van der Waals surface area contributed by atoms with Crippen LogP contribution in [0.3, 0.4) is 0 Å². The smallest absolute Gasteiger partial charge is 0.475 e. The molecule has 0 bridgehead atoms. The van der Waals surface area contributed by atoms with E-state index in [1.807, 2.05) is 4.90 Å². The summed E-state index contributed by atoms with van der Waals surface area (Å²) in [5.41, 5.74) is 0. The molecule has 2 fully saturated rings. The first kappa shape index (κ1) is 14.7. The minimum Gasteiger partial charge on any atom is -0.475 e. The molecule has 1 amide bonds. The van der Waals surface area contributed by atoms with Gasteiger partial charge in [0.05, 0.1) is 6.54 Å². The van der Waals surface area contributed by atoms with Crippen LogP contribution in [0.4, 0.5) is 13.2 Å². The van der Waals surface area contributed by atoms with Crippen LogP contribution >= 0.6 is 0 Å². The Balaban J connectivity index is 0.000000203. The zero-order chi connectivity index (χ0) is 13.8. The van der Waals surface area contributed by atoms with E-state index in [-0.39, 0.29) is 0 Å². The quantitative estimate of drug-likeness (QED) is 0.731. The molecule has 0 aromatic carbocycles. The number of carboxylic acids is 1. The summed E-state index contributed by atoms with van der Waals surface area (Å²) in [5, 5.41) is 10.2. The molecule has 8 heteroatoms. The topological polar surface area (TPSA) is 69.6 Å². The van der Waals surface area contributed by atoms with Crippen molar-refractivity contribution < 1.29 is 27.9 Å². The number of amides is 1. The van der Waals surface area contributed by atoms with Gasteiger partial charge < -0.3 is 15.3 Å². The van der Waals surface area contributed by atoms with Gasteiger partial charge in [0, 0.05) is 19.1 Å². The molecule has 0 atom stereocenters. The van der Waals surface area contributed by atoms with Crippen molar-refractivity contribution in [2.45, 2.75) is 31.5 Å². The van der Waals surface area contributed by atoms with E-state index < -0.39 is 12.1 Å². The van der Waals surface area contributed by atoms with Crippen LogP contribution in [0.2, 0.25) is 0 Å². The monoisotopic (exact) mass is 268 g/mol. The standard InChI is InChI=1S/C8H14N2O.C2HF3O2/c11-8-6-9-4-5-10(8)7-2-1-3-7;3-2(4,5)1(6)7/h7,9H,1-6H2;(H,6,7). The van der Waals surface area contributed by atoms with Gasteiger partial charge in [-0.15, -0.1) is 0 Å². The molecule has 104 valence electrons. The van der Waals surface area contributed by atoms with Gasteiger partial charge in [-0.05, 0) is 19.3 Å². The Morgan fingerprint density at radius 1 is 1.39 bits per heavy atom. The van der Waals surface area contributed by atoms with E-state index in [1.165, 1.54) is 19.3 Å². The molecule has 2 aliphatic rings. The number of carboxylic acid groups (broad SMARTS) is 1. The van der Waals surface area contributed by atoms with Crippen LogP contribution in [-0.4, -0.2) is 53.7 Å². The van der Waals surface area contributed by atoms with Crippen LogP contribution in [0.1, 0.15) is 19.3 Å². The predicted molar refractivity (Wildman–Crippen MR) is 55.9 cm³/mol. The third-order valence-electron chi connectivity index (χ3n) is 2.88. The Bertz CT molecular complexity index is 316. The van der Waals surface area contributed by atoms with Gasteiger partial charge in [0.15, 0.2) is 0 Å². The zero-order valence-electron chi connectivity index (χ0n) is 9.66. The maximum absolute atomic E-state index is 11.3. The van der Waals surface area contributed by atoms with Crippen LogP contribution < -0.4 is 5.32 Å². The SMILES string of the molecule is O=C(O)C(F)(F)F.O=C1CNCCN1C1CCC1. The number of alkyl halides is 3. The average molecular weight is 268 g/mol. The fourth-order valence-corrected chi connectivity index (χ4v) is 1.71. The van der Waals surface area contributed by atoms with Crippen molar-refractivity contribution in [3.8, 4) is 0 Å². The third-order valence-corrected chi connectivity index (χ3v) is 2.88. The highest BCUT2D eigenvalue weighted by atomic mass is 19.4. The summed E-state index contributed by atoms with van der Waals surface area (Å²) in [6.07, 6.45) is -1.32. The fourth-order valence-electron chi connectivity index (χ4n) is 1.71. The summed E-state index contributed by atoms with van der Waals surface area (Å²) in [6.45, 7) is 2.45. The van der Waals surface area contributed by atoms with Crippen molar-refractivity contribution in [1.82, 2.24) is 10.2 Å². The molecule has 18 heavy (non-hydrogen) atoms. The summed E-state index contributed by atoms with van der Waals surface area (Å²) in [5.74, 6) is -2.46. The number of carbonyl (C=O) groups is 2. The summed E-state index contributed by atoms with van der Waals surface area (Å²) in [6, 6.07) is 0.588. The van der Waals surface area contributed by atoms with Gasteiger partial charge in [-0.25, -0.2) is 4.79 Å². The van der Waals surface area contributed by atoms with E-state index in [2.05, 4.69) is 5.32 Å². The molecule has 0 aromatic heterocycles. The Labute approximate surface area is 102 Å². The van der Waals surface area contributed by atoms with E-state index in [1.54, 1.807) is 0 Å². The molecule has 0 aromatic rings. The van der Waals surface area contributed by atoms with Gasteiger partial charge in [-0.1, -0.05) is 0 Å². The number of rotatable bonds is 1. The third kappa shape index (κ3) is 4.17. The van der Waals surface area contributed by atoms with Crippen LogP contribution in [-0.2, 0) is 9.59 Å². The molecule has 0 unspecified atom stereocenters. The minimum absolute atomic E-state index is 0.293. The highest BCUT2D eigenvalue weighted by molar-refractivity contribution is 5.79. The molecule has 0 spiro atoms. The lowest BCUT2D eigenvalue weighted by atomic mass is 9.91. The number of hydrogen-bond acceptors (Lipinski definition) is 3. The van der Waals surface area contributed by atoms with Gasteiger partial charge in [0.1, 0.15) is 0 Å². The molecule has 1 saturated carbocycles. The number of nitrogens with zero attached hydrogens (tertiary/aromatic N) is 1. The van der Waals surface area contributed by atoms with Crippen molar-refractivity contribution in [3.63, 3.8) is 0 Å². The summed E-state index contributed by atoms with van der Waals surface area (Å²) >= 11 is 0. The van der Waals surface area contributed by atoms with Gasteiger partial charge in [-0.2, -0.15) is 13.2 Å². The molecule has 5 nitrogen and oxygen atoms in total. The van der Waals surface area contributed by atoms with Gasteiger partial charge in [0.25, 0.3) is 0 Å². The number of aliphatic carboxylic acids is 1. The van der Waals surface area contributed by atoms with E-state index in [0.717, 1.165) is 13.1 Å². The second-order valence-electron chi connectivity index (χ2n) is 4.15. The Kier molecular flexibility index (Phi) is 4.94. The molecule has 0 radical (unpaired) electrons. The lowest BCUT2D eigenvalue weighted by molar-refractivity contribution is -0.192. The molecular weight excluding hydrogens is 253 g/mol. The summed E-state index contributed by atoms with van der Waals surface area (Å²) < 4.78 is 31.7. The second kappa shape index (κ2) is 6.03. The van der Waals surface area contributed by atoms with Gasteiger partial charge >= 0.3 is 12.1 Å². The van der Waals surface area contributed by atoms with Crippen molar-refractivity contribution in [1.29, 1.82) is 0 Å². The van der Waals surface area contributed by atoms with Crippen molar-refractivity contribution in [2.24, 2.45) is 0 Å². The van der Waals surface area contributed by atoms with Crippen molar-refractivity contribution >= 4 is 11.9 Å². The highest BCUT2D eigenvalue weighted by Gasteiger charge is 2.38. The van der Waals surface area contributed by atoms with Crippen LogP contribution in [0.5, 0.6) is 0 Å². The molecule has 1 aliphatic carbocycles. The number of piperazine rings is 1. The van der Waals surface area contributed by atoms with Crippen molar-refractivity contribution in [2.75, 3.05) is 19.6 Å². The first-order valence-electron chi connectivity index (χ1n) is 5.62. The predicted octanol–water partition coefficient (Wildman–Crippen LogP) is 0.604. The lowest BCUT2D eigenvalue weighted by Crippen LogP contribution is -2.54. The maximum Gasteiger partial charge on any atom is 0.490 e. The van der Waals surface area contributed by atoms with Gasteiger partial charge in [-0.3, -0.25) is 4.79 Å². The van der Waals surface area contributed by atoms with E-state index in [9.17, 15) is 18.0 Å². The fraction of sp³-hybridized carbons (Fsp3) is 0.800. The number of halogens is 3. The zero-order valence-corrected chi connectivity index (χ0v) is 9.66. The number of hydrogen-bond donors (Lipinski definition) is 2. The van der Waals surface area contributed by atoms with Crippen LogP contribution in [0.15, 0.2) is 0 Å². The van der Waals surface area contributed by atoms with E-state index in [4.69, 9.17) is 9.90 Å². The normalized spacial score (nSPS) is 20.8. The Hall–Kier alpha value is -1.31. The number of nitrogens with one attached hydrogen (secondary N) is 1. The Morgan fingerprint density at radius 2 is 1.94 bits per heavy atom. The molecule has 1 saturated heterocycles. The lowest BCUT2D eigenvalue weighted by Gasteiger charge is -2.39. The average Bonchev–Trinajstić information content (AvgIpc) is 2.18. The Morgan fingerprint density at radius 3 is 2.28 bits per heavy atom. The van der Waals surface area contributed by atoms with Crippen molar-refractivity contribution in [3.05, 3.63) is 0 Å². The molecule has 2 N–H and O–H groups in total. The first-order chi connectivity index (χ1) is 8.32. The summed E-state index contributed by atoms with van der Waals surface area (Å²) in [7, 11) is 0. The second-order valence-corrected chi connectivity index (χ2v) is 4.15. The summed E-state index contributed by atoms with van der Waals surface area (Å²) in [4.78, 5) is 22.2. The highest BCUT2D eigenvalue weighted by Crippen LogP contribution is 2.24. The number of carbonyl (C=O) groups excluding carboxylic acids is 1. The largest absolute Gasteiger partial charge is 0.490 e. The molecule has 1 aliphatic heterocycles. The van der Waals surface area contributed by atoms with E-state index in [0.29, 0.717) is 18.5 Å². The van der Waals surface area contributed by atoms with Crippen LogP contribution in [0, 0.1) is 0 Å².